The minimum atomic E-state index is -0.158. The topological polar surface area (TPSA) is 17.0 Å². The van der Waals surface area contributed by atoms with Gasteiger partial charge in [-0.05, 0) is 62.0 Å². The van der Waals surface area contributed by atoms with Gasteiger partial charge in [0.1, 0.15) is 5.82 Å². The van der Waals surface area contributed by atoms with Crippen LogP contribution in [-0.4, -0.2) is 17.7 Å². The predicted molar refractivity (Wildman–Crippen MR) is 72.2 cm³/mol. The maximum absolute atomic E-state index is 13.3. The fourth-order valence-electron chi connectivity index (χ4n) is 3.01. The number of hydrogen-bond acceptors (Lipinski definition) is 1. The molecule has 2 aromatic rings. The Morgan fingerprint density at radius 2 is 2.33 bits per heavy atom. The highest BCUT2D eigenvalue weighted by molar-refractivity contribution is 5.84. The van der Waals surface area contributed by atoms with Crippen LogP contribution in [0.4, 0.5) is 4.39 Å². The first-order valence-corrected chi connectivity index (χ1v) is 6.68. The normalized spacial score (nSPS) is 20.4. The van der Waals surface area contributed by atoms with Crippen molar-refractivity contribution in [3.63, 3.8) is 0 Å². The van der Waals surface area contributed by atoms with Gasteiger partial charge in [0.25, 0.3) is 0 Å². The van der Waals surface area contributed by atoms with Crippen molar-refractivity contribution in [1.82, 2.24) is 9.88 Å². The summed E-state index contributed by atoms with van der Waals surface area (Å²) in [6.07, 6.45) is 5.81. The quantitative estimate of drug-likeness (QED) is 0.862. The van der Waals surface area contributed by atoms with Crippen LogP contribution in [0.1, 0.15) is 18.4 Å². The smallest absolute Gasteiger partial charge is 0.125 e. The van der Waals surface area contributed by atoms with Gasteiger partial charge in [-0.2, -0.15) is 0 Å². The van der Waals surface area contributed by atoms with Gasteiger partial charge in [-0.3, -0.25) is 0 Å². The van der Waals surface area contributed by atoms with Gasteiger partial charge in [-0.15, -0.1) is 0 Å². The van der Waals surface area contributed by atoms with Crippen LogP contribution in [0.2, 0.25) is 0 Å². The highest BCUT2D eigenvalue weighted by Crippen LogP contribution is 2.25. The molecule has 96 valence electrons. The van der Waals surface area contributed by atoms with Gasteiger partial charge >= 0.3 is 0 Å². The second-order valence-corrected chi connectivity index (χ2v) is 5.34. The average molecular weight is 246 g/mol. The van der Waals surface area contributed by atoms with E-state index in [1.807, 2.05) is 17.7 Å². The van der Waals surface area contributed by atoms with Crippen molar-refractivity contribution < 1.29 is 4.39 Å². The Morgan fingerprint density at radius 3 is 3.11 bits per heavy atom. The second kappa shape index (κ2) is 4.73. The fraction of sp³-hybridized carbons (Fsp3) is 0.467. The van der Waals surface area contributed by atoms with Crippen molar-refractivity contribution in [2.45, 2.75) is 19.3 Å². The predicted octanol–water partition coefficient (Wildman–Crippen LogP) is 2.86. The van der Waals surface area contributed by atoms with E-state index in [0.717, 1.165) is 30.9 Å². The van der Waals surface area contributed by atoms with Crippen LogP contribution in [0.5, 0.6) is 0 Å². The third-order valence-corrected chi connectivity index (χ3v) is 3.94. The van der Waals surface area contributed by atoms with Crippen LogP contribution in [0.15, 0.2) is 24.4 Å². The fourth-order valence-corrected chi connectivity index (χ4v) is 3.01. The first kappa shape index (κ1) is 11.7. The Balaban J connectivity index is 1.91. The molecule has 1 aromatic heterocycles. The summed E-state index contributed by atoms with van der Waals surface area (Å²) < 4.78 is 15.3. The van der Waals surface area contributed by atoms with Crippen molar-refractivity contribution in [2.24, 2.45) is 13.0 Å². The number of halogens is 1. The van der Waals surface area contributed by atoms with Gasteiger partial charge < -0.3 is 9.88 Å². The molecule has 0 radical (unpaired) electrons. The van der Waals surface area contributed by atoms with E-state index >= 15 is 0 Å². The molecule has 0 aliphatic carbocycles. The third kappa shape index (κ3) is 2.15. The lowest BCUT2D eigenvalue weighted by Gasteiger charge is -2.22. The molecule has 2 heterocycles. The summed E-state index contributed by atoms with van der Waals surface area (Å²) in [6.45, 7) is 2.26. The summed E-state index contributed by atoms with van der Waals surface area (Å²) >= 11 is 0. The highest BCUT2D eigenvalue weighted by Gasteiger charge is 2.16. The zero-order valence-corrected chi connectivity index (χ0v) is 10.7. The summed E-state index contributed by atoms with van der Waals surface area (Å²) in [5.41, 5.74) is 2.34. The monoisotopic (exact) mass is 246 g/mol. The molecule has 1 saturated heterocycles. The average Bonchev–Trinajstić information content (AvgIpc) is 2.67. The van der Waals surface area contributed by atoms with Crippen LogP contribution < -0.4 is 5.32 Å². The number of hydrogen-bond donors (Lipinski definition) is 1. The Hall–Kier alpha value is -1.35. The maximum Gasteiger partial charge on any atom is 0.125 e. The minimum Gasteiger partial charge on any atom is -0.350 e. The lowest BCUT2D eigenvalue weighted by atomic mass is 9.92. The van der Waals surface area contributed by atoms with Crippen molar-refractivity contribution >= 4 is 10.9 Å². The van der Waals surface area contributed by atoms with Crippen molar-refractivity contribution in [1.29, 1.82) is 0 Å². The first-order valence-electron chi connectivity index (χ1n) is 6.68. The number of fused-ring (bicyclic) bond motifs is 1. The van der Waals surface area contributed by atoms with E-state index in [9.17, 15) is 4.39 Å². The minimum absolute atomic E-state index is 0.158. The maximum atomic E-state index is 13.3. The summed E-state index contributed by atoms with van der Waals surface area (Å²) in [5, 5.41) is 4.65. The molecular formula is C15H19FN2. The van der Waals surface area contributed by atoms with E-state index in [1.165, 1.54) is 23.8 Å². The molecule has 1 unspecified atom stereocenters. The molecule has 0 amide bonds. The lowest BCUT2D eigenvalue weighted by Crippen LogP contribution is -2.30. The largest absolute Gasteiger partial charge is 0.350 e. The number of piperidine rings is 1. The number of benzene rings is 1. The molecule has 1 N–H and O–H groups in total. The third-order valence-electron chi connectivity index (χ3n) is 3.94. The number of rotatable bonds is 2. The molecule has 1 aromatic carbocycles. The second-order valence-electron chi connectivity index (χ2n) is 5.34. The number of nitrogens with zero attached hydrogens (tertiary/aromatic N) is 1. The Labute approximate surface area is 107 Å². The molecule has 0 bridgehead atoms. The molecule has 1 fully saturated rings. The highest BCUT2D eigenvalue weighted by atomic mass is 19.1. The van der Waals surface area contributed by atoms with Gasteiger partial charge in [0.15, 0.2) is 0 Å². The molecule has 1 aliphatic heterocycles. The van der Waals surface area contributed by atoms with Gasteiger partial charge in [0, 0.05) is 18.6 Å². The molecule has 18 heavy (non-hydrogen) atoms. The van der Waals surface area contributed by atoms with Crippen LogP contribution >= 0.6 is 0 Å². The number of nitrogens with one attached hydrogen (secondary N) is 1. The van der Waals surface area contributed by atoms with E-state index in [1.54, 1.807) is 12.1 Å². The summed E-state index contributed by atoms with van der Waals surface area (Å²) in [6, 6.07) is 5.10. The molecule has 0 spiro atoms. The van der Waals surface area contributed by atoms with Gasteiger partial charge in [0.2, 0.25) is 0 Å². The van der Waals surface area contributed by atoms with Gasteiger partial charge in [0.05, 0.1) is 5.52 Å². The van der Waals surface area contributed by atoms with E-state index in [-0.39, 0.29) is 5.82 Å². The molecular weight excluding hydrogens is 227 g/mol. The van der Waals surface area contributed by atoms with E-state index in [4.69, 9.17) is 0 Å². The Bertz CT molecular complexity index is 553. The van der Waals surface area contributed by atoms with Gasteiger partial charge in [-0.1, -0.05) is 0 Å². The van der Waals surface area contributed by atoms with Crippen LogP contribution in [0.25, 0.3) is 10.9 Å². The lowest BCUT2D eigenvalue weighted by molar-refractivity contribution is 0.376. The van der Waals surface area contributed by atoms with Crippen LogP contribution in [0, 0.1) is 11.7 Å². The zero-order valence-electron chi connectivity index (χ0n) is 10.7. The molecule has 0 saturated carbocycles. The molecule has 3 heteroatoms. The van der Waals surface area contributed by atoms with E-state index in [0.29, 0.717) is 0 Å². The van der Waals surface area contributed by atoms with Crippen molar-refractivity contribution in [3.05, 3.63) is 35.8 Å². The SMILES string of the molecule is Cn1cc(CC2CCCNC2)c2ccc(F)cc21. The number of aryl methyl sites for hydroxylation is 1. The molecule has 3 rings (SSSR count). The first-order chi connectivity index (χ1) is 8.74. The standard InChI is InChI=1S/C15H19FN2/c1-18-10-12(7-11-3-2-6-17-9-11)14-5-4-13(16)8-15(14)18/h4-5,8,10-11,17H,2-3,6-7,9H2,1H3. The zero-order chi connectivity index (χ0) is 12.5. The molecule has 1 aliphatic rings. The van der Waals surface area contributed by atoms with E-state index < -0.39 is 0 Å². The van der Waals surface area contributed by atoms with Crippen molar-refractivity contribution in [2.75, 3.05) is 13.1 Å². The number of aromatic nitrogens is 1. The van der Waals surface area contributed by atoms with Crippen LogP contribution in [-0.2, 0) is 13.5 Å². The van der Waals surface area contributed by atoms with Gasteiger partial charge in [-0.25, -0.2) is 4.39 Å². The summed E-state index contributed by atoms with van der Waals surface area (Å²) in [7, 11) is 1.99. The molecule has 1 atom stereocenters. The summed E-state index contributed by atoms with van der Waals surface area (Å²) in [5.74, 6) is 0.559. The van der Waals surface area contributed by atoms with Crippen LogP contribution in [0.3, 0.4) is 0 Å². The van der Waals surface area contributed by atoms with E-state index in [2.05, 4.69) is 11.5 Å². The Morgan fingerprint density at radius 1 is 1.44 bits per heavy atom. The molecule has 2 nitrogen and oxygen atoms in total. The summed E-state index contributed by atoms with van der Waals surface area (Å²) in [4.78, 5) is 0. The Kier molecular flexibility index (Phi) is 3.08. The van der Waals surface area contributed by atoms with Crippen molar-refractivity contribution in [3.8, 4) is 0 Å².